The van der Waals surface area contributed by atoms with Gasteiger partial charge in [0.25, 0.3) is 0 Å². The lowest BCUT2D eigenvalue weighted by molar-refractivity contribution is -0.142. The lowest BCUT2D eigenvalue weighted by atomic mass is 10.0. The molecule has 0 saturated carbocycles. The molecule has 192 valence electrons. The van der Waals surface area contributed by atoms with E-state index in [4.69, 9.17) is 5.11 Å². The number of carboxylic acid groups (broad SMARTS) is 2. The van der Waals surface area contributed by atoms with Gasteiger partial charge in [0.15, 0.2) is 0 Å². The summed E-state index contributed by atoms with van der Waals surface area (Å²) in [6.07, 6.45) is -0.175. The van der Waals surface area contributed by atoms with Crippen molar-refractivity contribution in [3.05, 3.63) is 29.3 Å². The second-order valence-corrected chi connectivity index (χ2v) is 8.61. The van der Waals surface area contributed by atoms with Gasteiger partial charge in [-0.3, -0.25) is 28.9 Å². The number of carbonyl (C=O) groups is 7. The molecule has 0 radical (unpaired) electrons. The predicted molar refractivity (Wildman–Crippen MR) is 122 cm³/mol. The average molecular weight is 502 g/mol. The van der Waals surface area contributed by atoms with Crippen LogP contribution in [0.25, 0.3) is 0 Å². The first-order valence-electron chi connectivity index (χ1n) is 11.2. The van der Waals surface area contributed by atoms with E-state index in [2.05, 4.69) is 16.0 Å². The van der Waals surface area contributed by atoms with Gasteiger partial charge in [0.1, 0.15) is 30.5 Å². The van der Waals surface area contributed by atoms with E-state index in [9.17, 15) is 38.7 Å². The largest absolute Gasteiger partial charge is 0.481 e. The molecule has 4 amide bonds. The molecule has 0 aliphatic carbocycles. The Hall–Kier alpha value is -4.29. The quantitative estimate of drug-likeness (QED) is 0.237. The summed E-state index contributed by atoms with van der Waals surface area (Å²) in [5, 5.41) is 25.4. The Bertz CT molecular complexity index is 1100. The van der Waals surface area contributed by atoms with Crippen LogP contribution in [0.4, 0.5) is 5.69 Å². The number of carboxylic acids is 2. The third-order valence-corrected chi connectivity index (χ3v) is 6.05. The van der Waals surface area contributed by atoms with Gasteiger partial charge in [-0.25, -0.2) is 4.79 Å². The van der Waals surface area contributed by atoms with Crippen LogP contribution >= 0.6 is 0 Å². The van der Waals surface area contributed by atoms with E-state index in [-0.39, 0.29) is 12.8 Å². The summed E-state index contributed by atoms with van der Waals surface area (Å²) in [6, 6.07) is 0.149. The van der Waals surface area contributed by atoms with Crippen molar-refractivity contribution in [1.82, 2.24) is 16.0 Å². The molecule has 2 aliphatic heterocycles. The topological polar surface area (TPSA) is 199 Å². The van der Waals surface area contributed by atoms with Crippen LogP contribution in [0.1, 0.15) is 37.3 Å². The predicted octanol–water partition coefficient (Wildman–Crippen LogP) is -1.49. The summed E-state index contributed by atoms with van der Waals surface area (Å²) in [5.74, 6) is -5.62. The highest BCUT2D eigenvalue weighted by Gasteiger charge is 2.45. The van der Waals surface area contributed by atoms with Gasteiger partial charge >= 0.3 is 11.9 Å². The Morgan fingerprint density at radius 3 is 2.42 bits per heavy atom. The number of para-hydroxylation sites is 1. The van der Waals surface area contributed by atoms with Crippen molar-refractivity contribution in [2.24, 2.45) is 0 Å². The Morgan fingerprint density at radius 1 is 1.11 bits per heavy atom. The number of aliphatic carboxylic acids is 2. The third kappa shape index (κ3) is 5.67. The molecular formula is C23H26N4O9. The van der Waals surface area contributed by atoms with Gasteiger partial charge in [-0.2, -0.15) is 0 Å². The molecule has 2 heterocycles. The van der Waals surface area contributed by atoms with E-state index in [1.165, 1.54) is 4.90 Å². The molecule has 36 heavy (non-hydrogen) atoms. The number of aldehydes is 1. The monoisotopic (exact) mass is 502 g/mol. The van der Waals surface area contributed by atoms with Gasteiger partial charge in [0, 0.05) is 19.8 Å². The van der Waals surface area contributed by atoms with Crippen LogP contribution < -0.4 is 20.9 Å². The van der Waals surface area contributed by atoms with Crippen LogP contribution in [-0.4, -0.2) is 76.2 Å². The van der Waals surface area contributed by atoms with E-state index in [0.717, 1.165) is 12.5 Å². The maximum atomic E-state index is 13.6. The lowest BCUT2D eigenvalue weighted by Gasteiger charge is -2.29. The Labute approximate surface area is 205 Å². The van der Waals surface area contributed by atoms with Crippen molar-refractivity contribution in [3.8, 4) is 0 Å². The minimum atomic E-state index is -1.47. The summed E-state index contributed by atoms with van der Waals surface area (Å²) in [5.41, 5.74) is 1.95. The van der Waals surface area contributed by atoms with E-state index >= 15 is 0 Å². The average Bonchev–Trinajstić information content (AvgIpc) is 3.13. The maximum absolute atomic E-state index is 13.6. The lowest BCUT2D eigenvalue weighted by Crippen LogP contribution is -2.58. The third-order valence-electron chi connectivity index (χ3n) is 6.05. The molecule has 0 saturated heterocycles. The summed E-state index contributed by atoms with van der Waals surface area (Å²) in [4.78, 5) is 85.5. The Morgan fingerprint density at radius 2 is 1.81 bits per heavy atom. The van der Waals surface area contributed by atoms with Crippen molar-refractivity contribution in [1.29, 1.82) is 0 Å². The molecule has 13 nitrogen and oxygen atoms in total. The fourth-order valence-electron chi connectivity index (χ4n) is 4.46. The summed E-state index contributed by atoms with van der Waals surface area (Å²) < 4.78 is 0. The molecule has 0 unspecified atom stereocenters. The first-order valence-corrected chi connectivity index (χ1v) is 11.2. The van der Waals surface area contributed by atoms with Gasteiger partial charge in [-0.1, -0.05) is 18.2 Å². The van der Waals surface area contributed by atoms with Gasteiger partial charge in [-0.15, -0.1) is 0 Å². The van der Waals surface area contributed by atoms with Crippen molar-refractivity contribution in [3.63, 3.8) is 0 Å². The number of nitrogens with one attached hydrogen (secondary N) is 3. The van der Waals surface area contributed by atoms with Gasteiger partial charge in [0.2, 0.25) is 23.6 Å². The fraction of sp³-hybridized carbons (Fsp3) is 0.435. The molecule has 4 atom stereocenters. The Kier molecular flexibility index (Phi) is 8.02. The van der Waals surface area contributed by atoms with Crippen LogP contribution in [0.15, 0.2) is 18.2 Å². The number of benzene rings is 1. The van der Waals surface area contributed by atoms with E-state index in [1.807, 2.05) is 0 Å². The van der Waals surface area contributed by atoms with Gasteiger partial charge in [0.05, 0.1) is 12.1 Å². The zero-order chi connectivity index (χ0) is 26.6. The molecule has 3 rings (SSSR count). The SMILES string of the molecule is CC(=O)N[C@@H](CC(=O)O)C(=O)N[C@@H]1CCc2cccc3c2N(C1=O)[C@@H](C(=O)N[C@@H](CC=O)C(=O)O)C3. The van der Waals surface area contributed by atoms with Crippen molar-refractivity contribution >= 4 is 47.5 Å². The number of aryl methyl sites for hydroxylation is 1. The molecule has 0 spiro atoms. The summed E-state index contributed by atoms with van der Waals surface area (Å²) >= 11 is 0. The molecule has 0 aromatic heterocycles. The molecule has 5 N–H and O–H groups in total. The molecular weight excluding hydrogens is 476 g/mol. The number of nitrogens with zero attached hydrogens (tertiary/aromatic N) is 1. The van der Waals surface area contributed by atoms with E-state index in [0.29, 0.717) is 24.0 Å². The van der Waals surface area contributed by atoms with Gasteiger partial charge in [-0.05, 0) is 24.0 Å². The first kappa shape index (κ1) is 26.3. The molecule has 0 bridgehead atoms. The van der Waals surface area contributed by atoms with Crippen LogP contribution in [-0.2, 0) is 46.4 Å². The van der Waals surface area contributed by atoms with Crippen molar-refractivity contribution in [2.75, 3.05) is 4.90 Å². The van der Waals surface area contributed by atoms with Crippen molar-refractivity contribution in [2.45, 2.75) is 63.2 Å². The maximum Gasteiger partial charge on any atom is 0.326 e. The Balaban J connectivity index is 1.88. The number of amides is 4. The molecule has 1 aromatic carbocycles. The molecule has 0 fully saturated rings. The second-order valence-electron chi connectivity index (χ2n) is 8.61. The zero-order valence-electron chi connectivity index (χ0n) is 19.4. The number of rotatable bonds is 10. The smallest absolute Gasteiger partial charge is 0.326 e. The highest BCUT2D eigenvalue weighted by molar-refractivity contribution is 6.08. The number of anilines is 1. The second kappa shape index (κ2) is 11.0. The van der Waals surface area contributed by atoms with E-state index in [1.54, 1.807) is 18.2 Å². The minimum Gasteiger partial charge on any atom is -0.481 e. The number of carbonyl (C=O) groups excluding carboxylic acids is 5. The minimum absolute atomic E-state index is 0.0996. The van der Waals surface area contributed by atoms with Crippen LogP contribution in [0.3, 0.4) is 0 Å². The normalized spacial score (nSPS) is 19.8. The molecule has 13 heteroatoms. The van der Waals surface area contributed by atoms with Crippen molar-refractivity contribution < 1.29 is 43.8 Å². The van der Waals surface area contributed by atoms with Crippen LogP contribution in [0.5, 0.6) is 0 Å². The number of hydrogen-bond acceptors (Lipinski definition) is 7. The highest BCUT2D eigenvalue weighted by Crippen LogP contribution is 2.39. The molecule has 1 aromatic rings. The number of hydrogen-bond donors (Lipinski definition) is 5. The molecule has 2 aliphatic rings. The highest BCUT2D eigenvalue weighted by atomic mass is 16.4. The van der Waals surface area contributed by atoms with Gasteiger partial charge < -0.3 is 31.0 Å². The first-order chi connectivity index (χ1) is 17.0. The van der Waals surface area contributed by atoms with Crippen LogP contribution in [0, 0.1) is 0 Å². The fourth-order valence-corrected chi connectivity index (χ4v) is 4.46. The van der Waals surface area contributed by atoms with E-state index < -0.39 is 72.6 Å². The summed E-state index contributed by atoms with van der Waals surface area (Å²) in [7, 11) is 0. The standard InChI is InChI=1S/C23H26N4O9/c1-11(29)24-16(10-18(30)31)20(32)25-14-6-5-12-3-2-4-13-9-17(27(19(12)13)22(14)34)21(33)26-15(7-8-28)23(35)36/h2-4,8,14-17H,5-7,9-10H2,1H3,(H,24,29)(H,25,32)(H,26,33)(H,30,31)(H,35,36)/t14-,15+,16+,17-/m1/s1. The summed E-state index contributed by atoms with van der Waals surface area (Å²) in [6.45, 7) is 1.12. The van der Waals surface area contributed by atoms with Crippen LogP contribution in [0.2, 0.25) is 0 Å². The zero-order valence-corrected chi connectivity index (χ0v) is 19.4.